The van der Waals surface area contributed by atoms with E-state index in [1.807, 2.05) is 23.9 Å². The minimum absolute atomic E-state index is 0.676. The topological polar surface area (TPSA) is 39.5 Å². The van der Waals surface area contributed by atoms with Gasteiger partial charge in [0.15, 0.2) is 0 Å². The van der Waals surface area contributed by atoms with Crippen LogP contribution < -0.4 is 4.74 Å². The van der Waals surface area contributed by atoms with Crippen molar-refractivity contribution in [2.45, 2.75) is 30.6 Å². The van der Waals surface area contributed by atoms with Crippen LogP contribution in [0.2, 0.25) is 0 Å². The van der Waals surface area contributed by atoms with Gasteiger partial charge in [0.2, 0.25) is 0 Å². The lowest BCUT2D eigenvalue weighted by Gasteiger charge is -2.27. The Morgan fingerprint density at radius 1 is 1.21 bits per heavy atom. The Kier molecular flexibility index (Phi) is 6.42. The van der Waals surface area contributed by atoms with Crippen LogP contribution in [0.4, 0.5) is 0 Å². The minimum Gasteiger partial charge on any atom is -0.494 e. The van der Waals surface area contributed by atoms with E-state index in [9.17, 15) is 0 Å². The Morgan fingerprint density at radius 2 is 1.96 bits per heavy atom. The number of nitrogens with zero attached hydrogens (tertiary/aromatic N) is 3. The number of rotatable bonds is 7. The first-order valence-electron chi connectivity index (χ1n) is 8.92. The van der Waals surface area contributed by atoms with Crippen LogP contribution in [0.3, 0.4) is 0 Å². The highest BCUT2D eigenvalue weighted by atomic mass is 32.2. The van der Waals surface area contributed by atoms with Gasteiger partial charge in [0, 0.05) is 30.9 Å². The van der Waals surface area contributed by atoms with Crippen molar-refractivity contribution in [3.63, 3.8) is 0 Å². The molecule has 24 heavy (non-hydrogen) atoms. The van der Waals surface area contributed by atoms with Crippen LogP contribution in [0.1, 0.15) is 24.8 Å². The van der Waals surface area contributed by atoms with E-state index in [1.165, 1.54) is 39.0 Å². The summed E-state index contributed by atoms with van der Waals surface area (Å²) in [4.78, 5) is 5.31. The molecule has 2 heterocycles. The monoisotopic (exact) mass is 345 g/mol. The van der Waals surface area contributed by atoms with Crippen LogP contribution in [-0.4, -0.2) is 66.7 Å². The molecule has 0 bridgehead atoms. The third kappa shape index (κ3) is 4.44. The molecule has 3 rings (SSSR count). The van der Waals surface area contributed by atoms with Gasteiger partial charge in [-0.3, -0.25) is 4.90 Å². The predicted octanol–water partition coefficient (Wildman–Crippen LogP) is 2.84. The van der Waals surface area contributed by atoms with Gasteiger partial charge in [0.05, 0.1) is 18.2 Å². The molecule has 0 N–H and O–H groups in total. The number of benzene rings is 1. The number of hydrogen-bond donors (Lipinski definition) is 0. The average Bonchev–Trinajstić information content (AvgIpc) is 3.28. The third-order valence-electron chi connectivity index (χ3n) is 5.10. The molecular formula is C19H27N3OS. The Bertz CT molecular complexity index is 551. The normalized spacial score (nSPS) is 25.0. The van der Waals surface area contributed by atoms with Gasteiger partial charge in [-0.05, 0) is 62.9 Å². The second kappa shape index (κ2) is 8.75. The molecule has 1 aromatic rings. The molecule has 2 unspecified atom stereocenters. The molecular weight excluding hydrogens is 318 g/mol. The van der Waals surface area contributed by atoms with E-state index in [0.717, 1.165) is 36.6 Å². The van der Waals surface area contributed by atoms with Gasteiger partial charge in [-0.1, -0.05) is 0 Å². The fourth-order valence-electron chi connectivity index (χ4n) is 3.77. The number of hydrogen-bond acceptors (Lipinski definition) is 5. The first kappa shape index (κ1) is 17.6. The largest absolute Gasteiger partial charge is 0.494 e. The molecule has 2 atom stereocenters. The lowest BCUT2D eigenvalue weighted by Crippen LogP contribution is -2.40. The summed E-state index contributed by atoms with van der Waals surface area (Å²) in [5, 5.41) is 9.56. The highest BCUT2D eigenvalue weighted by Crippen LogP contribution is 2.27. The van der Waals surface area contributed by atoms with Crippen molar-refractivity contribution in [2.24, 2.45) is 0 Å². The lowest BCUT2D eigenvalue weighted by atomic mass is 10.2. The Hall–Kier alpha value is -1.22. The zero-order valence-corrected chi connectivity index (χ0v) is 15.3. The molecule has 5 heteroatoms. The van der Waals surface area contributed by atoms with Gasteiger partial charge in [-0.25, -0.2) is 0 Å². The quantitative estimate of drug-likeness (QED) is 0.711. The maximum Gasteiger partial charge on any atom is 0.119 e. The zero-order valence-electron chi connectivity index (χ0n) is 14.5. The molecule has 2 aliphatic heterocycles. The van der Waals surface area contributed by atoms with Crippen LogP contribution in [-0.2, 0) is 0 Å². The third-order valence-corrected chi connectivity index (χ3v) is 6.16. The van der Waals surface area contributed by atoms with E-state index < -0.39 is 0 Å². The van der Waals surface area contributed by atoms with E-state index in [-0.39, 0.29) is 0 Å². The van der Waals surface area contributed by atoms with Crippen LogP contribution in [0.5, 0.6) is 5.75 Å². The van der Waals surface area contributed by atoms with E-state index in [2.05, 4.69) is 22.1 Å². The van der Waals surface area contributed by atoms with Crippen molar-refractivity contribution in [1.29, 1.82) is 5.26 Å². The summed E-state index contributed by atoms with van der Waals surface area (Å²) < 4.78 is 5.79. The molecule has 0 aliphatic carbocycles. The zero-order chi connectivity index (χ0) is 16.8. The van der Waals surface area contributed by atoms with E-state index >= 15 is 0 Å². The van der Waals surface area contributed by atoms with Crippen molar-refractivity contribution in [3.8, 4) is 11.8 Å². The summed E-state index contributed by atoms with van der Waals surface area (Å²) in [6, 6.07) is 10.2. The second-order valence-corrected chi connectivity index (χ2v) is 7.76. The molecule has 1 aromatic carbocycles. The smallest absolute Gasteiger partial charge is 0.119 e. The highest BCUT2D eigenvalue weighted by Gasteiger charge is 2.36. The molecule has 0 spiro atoms. The van der Waals surface area contributed by atoms with Gasteiger partial charge >= 0.3 is 0 Å². The van der Waals surface area contributed by atoms with Crippen molar-refractivity contribution in [3.05, 3.63) is 29.8 Å². The van der Waals surface area contributed by atoms with Gasteiger partial charge in [0.25, 0.3) is 0 Å². The lowest BCUT2D eigenvalue weighted by molar-refractivity contribution is 0.222. The summed E-state index contributed by atoms with van der Waals surface area (Å²) in [6.45, 7) is 6.84. The second-order valence-electron chi connectivity index (χ2n) is 6.68. The van der Waals surface area contributed by atoms with Crippen molar-refractivity contribution >= 4 is 11.8 Å². The van der Waals surface area contributed by atoms with Crippen LogP contribution in [0.25, 0.3) is 0 Å². The van der Waals surface area contributed by atoms with E-state index in [1.54, 1.807) is 12.1 Å². The van der Waals surface area contributed by atoms with Gasteiger partial charge < -0.3 is 9.64 Å². The summed E-state index contributed by atoms with van der Waals surface area (Å²) >= 11 is 2.03. The van der Waals surface area contributed by atoms with Crippen LogP contribution in [0.15, 0.2) is 24.3 Å². The first-order valence-corrected chi connectivity index (χ1v) is 10.2. The SMILES string of the molecule is CSC1CN(CCCOc2ccc(C#N)cc2)CC1N1CCCC1. The van der Waals surface area contributed by atoms with Crippen LogP contribution in [0, 0.1) is 11.3 Å². The maximum atomic E-state index is 8.80. The maximum absolute atomic E-state index is 8.80. The number of thioether (sulfide) groups is 1. The van der Waals surface area contributed by atoms with E-state index in [4.69, 9.17) is 10.00 Å². The molecule has 0 aromatic heterocycles. The van der Waals surface area contributed by atoms with Gasteiger partial charge in [-0.15, -0.1) is 0 Å². The minimum atomic E-state index is 0.676. The molecule has 2 aliphatic rings. The standard InChI is InChI=1S/C19H27N3OS/c1-24-19-15-21(14-18(19)22-10-2-3-11-22)9-4-12-23-17-7-5-16(13-20)6-8-17/h5-8,18-19H,2-4,9-12,14-15H2,1H3. The first-order chi connectivity index (χ1) is 11.8. The van der Waals surface area contributed by atoms with Crippen LogP contribution >= 0.6 is 11.8 Å². The number of likely N-dealkylation sites (tertiary alicyclic amines) is 2. The summed E-state index contributed by atoms with van der Waals surface area (Å²) in [6.07, 6.45) is 6.05. The van der Waals surface area contributed by atoms with Crippen molar-refractivity contribution < 1.29 is 4.74 Å². The summed E-state index contributed by atoms with van der Waals surface area (Å²) in [5.74, 6) is 0.854. The molecule has 2 fully saturated rings. The van der Waals surface area contributed by atoms with Gasteiger partial charge in [0.1, 0.15) is 5.75 Å². The predicted molar refractivity (Wildman–Crippen MR) is 99.6 cm³/mol. The summed E-state index contributed by atoms with van der Waals surface area (Å²) in [5.41, 5.74) is 0.676. The fraction of sp³-hybridized carbons (Fsp3) is 0.632. The Labute approximate surface area is 149 Å². The van der Waals surface area contributed by atoms with Gasteiger partial charge in [-0.2, -0.15) is 17.0 Å². The molecule has 0 saturated carbocycles. The molecule has 0 amide bonds. The molecule has 2 saturated heterocycles. The fourth-order valence-corrected chi connectivity index (χ4v) is 4.71. The molecule has 0 radical (unpaired) electrons. The molecule has 4 nitrogen and oxygen atoms in total. The summed E-state index contributed by atoms with van der Waals surface area (Å²) in [7, 11) is 0. The van der Waals surface area contributed by atoms with Crippen molar-refractivity contribution in [1.82, 2.24) is 9.80 Å². The average molecular weight is 346 g/mol. The number of nitriles is 1. The Morgan fingerprint density at radius 3 is 2.62 bits per heavy atom. The molecule has 130 valence electrons. The van der Waals surface area contributed by atoms with E-state index in [0.29, 0.717) is 5.56 Å². The highest BCUT2D eigenvalue weighted by molar-refractivity contribution is 7.99. The number of ether oxygens (including phenoxy) is 1. The Balaban J connectivity index is 1.39. The van der Waals surface area contributed by atoms with Crippen molar-refractivity contribution in [2.75, 3.05) is 45.6 Å².